The number of hydrogen-bond acceptors (Lipinski definition) is 5. The molecule has 0 aliphatic rings. The molecule has 2 N–H and O–H groups in total. The summed E-state index contributed by atoms with van der Waals surface area (Å²) < 4.78 is 0. The molecule has 1 amide bonds. The molecule has 1 aromatic heterocycles. The van der Waals surface area contributed by atoms with Gasteiger partial charge in [-0.15, -0.1) is 0 Å². The van der Waals surface area contributed by atoms with E-state index in [0.29, 0.717) is 28.1 Å². The number of rotatable bonds is 6. The predicted octanol–water partition coefficient (Wildman–Crippen LogP) is 4.73. The number of fused-ring (bicyclic) bond motifs is 1. The van der Waals surface area contributed by atoms with Gasteiger partial charge >= 0.3 is 0 Å². The first-order valence-electron chi connectivity index (χ1n) is 9.29. The van der Waals surface area contributed by atoms with E-state index in [1.807, 2.05) is 36.4 Å². The van der Waals surface area contributed by atoms with Gasteiger partial charge < -0.3 is 10.6 Å². The van der Waals surface area contributed by atoms with Gasteiger partial charge in [0.15, 0.2) is 5.78 Å². The topological polar surface area (TPSA) is 84.0 Å². The lowest BCUT2D eigenvalue weighted by Crippen LogP contribution is -2.07. The molecule has 0 unspecified atom stereocenters. The number of aromatic nitrogens is 2. The van der Waals surface area contributed by atoms with Gasteiger partial charge in [0.25, 0.3) is 0 Å². The minimum atomic E-state index is -0.285. The van der Waals surface area contributed by atoms with Crippen molar-refractivity contribution in [3.63, 3.8) is 0 Å². The van der Waals surface area contributed by atoms with E-state index in [-0.39, 0.29) is 11.7 Å². The van der Waals surface area contributed by atoms with Crippen molar-refractivity contribution in [3.05, 3.63) is 103 Å². The molecule has 4 rings (SSSR count). The van der Waals surface area contributed by atoms with E-state index >= 15 is 0 Å². The number of ketones is 1. The van der Waals surface area contributed by atoms with Gasteiger partial charge in [-0.05, 0) is 48.5 Å². The number of nitrogens with one attached hydrogen (secondary N) is 2. The second-order valence-corrected chi connectivity index (χ2v) is 6.55. The van der Waals surface area contributed by atoms with Crippen LogP contribution in [0.5, 0.6) is 0 Å². The lowest BCUT2D eigenvalue weighted by molar-refractivity contribution is -0.111. The molecule has 6 heteroatoms. The van der Waals surface area contributed by atoms with Crippen molar-refractivity contribution in [1.82, 2.24) is 9.97 Å². The van der Waals surface area contributed by atoms with Crippen LogP contribution in [0.2, 0.25) is 0 Å². The Hall–Kier alpha value is -4.32. The highest BCUT2D eigenvalue weighted by Crippen LogP contribution is 2.25. The fourth-order valence-corrected chi connectivity index (χ4v) is 3.03. The molecular weight excluding hydrogens is 376 g/mol. The van der Waals surface area contributed by atoms with E-state index in [1.54, 1.807) is 36.4 Å². The third kappa shape index (κ3) is 4.07. The molecule has 0 aliphatic heterocycles. The summed E-state index contributed by atoms with van der Waals surface area (Å²) in [5, 5.41) is 6.78. The Kier molecular flexibility index (Phi) is 5.30. The third-order valence-corrected chi connectivity index (χ3v) is 4.54. The first-order chi connectivity index (χ1) is 14.6. The highest BCUT2D eigenvalue weighted by molar-refractivity contribution is 6.09. The molecule has 0 atom stereocenters. The second kappa shape index (κ2) is 8.36. The minimum Gasteiger partial charge on any atom is -0.340 e. The van der Waals surface area contributed by atoms with Crippen molar-refractivity contribution in [2.45, 2.75) is 0 Å². The Bertz CT molecular complexity index is 1240. The van der Waals surface area contributed by atoms with Crippen LogP contribution in [0, 0.1) is 0 Å². The highest BCUT2D eigenvalue weighted by atomic mass is 16.1. The minimum absolute atomic E-state index is 0.0243. The average Bonchev–Trinajstić information content (AvgIpc) is 2.79. The van der Waals surface area contributed by atoms with Gasteiger partial charge in [0, 0.05) is 27.9 Å². The van der Waals surface area contributed by atoms with E-state index in [1.165, 1.54) is 12.4 Å². The number of carbonyl (C=O) groups excluding carboxylic acids is 2. The molecule has 1 heterocycles. The van der Waals surface area contributed by atoms with Gasteiger partial charge in [-0.25, -0.2) is 9.97 Å². The van der Waals surface area contributed by atoms with Crippen LogP contribution in [0.4, 0.5) is 17.2 Å². The Labute approximate surface area is 173 Å². The monoisotopic (exact) mass is 394 g/mol. The summed E-state index contributed by atoms with van der Waals surface area (Å²) in [5.41, 5.74) is 3.37. The van der Waals surface area contributed by atoms with Gasteiger partial charge in [0.05, 0.1) is 5.52 Å². The number of anilines is 3. The van der Waals surface area contributed by atoms with E-state index in [9.17, 15) is 9.59 Å². The molecule has 6 nitrogen and oxygen atoms in total. The van der Waals surface area contributed by atoms with Crippen LogP contribution in [0.15, 0.2) is 91.8 Å². The van der Waals surface area contributed by atoms with Crippen molar-refractivity contribution < 1.29 is 9.59 Å². The molecule has 0 radical (unpaired) electrons. The van der Waals surface area contributed by atoms with Crippen molar-refractivity contribution in [2.75, 3.05) is 10.6 Å². The average molecular weight is 394 g/mol. The maximum atomic E-state index is 12.5. The molecule has 146 valence electrons. The number of benzene rings is 3. The summed E-state index contributed by atoms with van der Waals surface area (Å²) in [7, 11) is 0. The second-order valence-electron chi connectivity index (χ2n) is 6.55. The largest absolute Gasteiger partial charge is 0.340 e. The van der Waals surface area contributed by atoms with Crippen LogP contribution in [0.3, 0.4) is 0 Å². The molecule has 0 spiro atoms. The van der Waals surface area contributed by atoms with Crippen LogP contribution in [0.1, 0.15) is 15.9 Å². The summed E-state index contributed by atoms with van der Waals surface area (Å²) >= 11 is 0. The maximum absolute atomic E-state index is 12.5. The number of nitrogens with zero attached hydrogens (tertiary/aromatic N) is 2. The first kappa shape index (κ1) is 19.0. The summed E-state index contributed by atoms with van der Waals surface area (Å²) in [6.45, 7) is 3.45. The fourth-order valence-electron chi connectivity index (χ4n) is 3.03. The van der Waals surface area contributed by atoms with Crippen LogP contribution in [-0.4, -0.2) is 21.7 Å². The van der Waals surface area contributed by atoms with E-state index < -0.39 is 0 Å². The zero-order chi connectivity index (χ0) is 20.9. The SMILES string of the molecule is C=CC(=O)Nc1ccc2c(Nc3ccc(C(=O)c4ccccc4)cc3)ncnc2c1. The van der Waals surface area contributed by atoms with E-state index in [2.05, 4.69) is 27.2 Å². The Morgan fingerprint density at radius 3 is 2.27 bits per heavy atom. The Balaban J connectivity index is 1.56. The normalized spacial score (nSPS) is 10.4. The Morgan fingerprint density at radius 2 is 1.53 bits per heavy atom. The summed E-state index contributed by atoms with van der Waals surface area (Å²) in [6.07, 6.45) is 2.67. The highest BCUT2D eigenvalue weighted by Gasteiger charge is 2.10. The predicted molar refractivity (Wildman–Crippen MR) is 118 cm³/mol. The number of carbonyl (C=O) groups is 2. The maximum Gasteiger partial charge on any atom is 0.247 e. The number of amides is 1. The third-order valence-electron chi connectivity index (χ3n) is 4.54. The van der Waals surface area contributed by atoms with Crippen LogP contribution in [0.25, 0.3) is 10.9 Å². The fraction of sp³-hybridized carbons (Fsp3) is 0. The van der Waals surface area contributed by atoms with Crippen molar-refractivity contribution in [2.24, 2.45) is 0 Å². The summed E-state index contributed by atoms with van der Waals surface area (Å²) in [6, 6.07) is 21.8. The van der Waals surface area contributed by atoms with Gasteiger partial charge in [-0.3, -0.25) is 9.59 Å². The molecule has 0 fully saturated rings. The number of hydrogen-bond donors (Lipinski definition) is 2. The summed E-state index contributed by atoms with van der Waals surface area (Å²) in [5.74, 6) is 0.319. The molecule has 4 aromatic rings. The van der Waals surface area contributed by atoms with Crippen LogP contribution in [-0.2, 0) is 4.79 Å². The van der Waals surface area contributed by atoms with Crippen molar-refractivity contribution in [1.29, 1.82) is 0 Å². The quantitative estimate of drug-likeness (QED) is 0.365. The smallest absolute Gasteiger partial charge is 0.247 e. The van der Waals surface area contributed by atoms with Gasteiger partial charge in [0.2, 0.25) is 5.91 Å². The molecular formula is C24H18N4O2. The Morgan fingerprint density at radius 1 is 0.833 bits per heavy atom. The molecule has 0 aliphatic carbocycles. The van der Waals surface area contributed by atoms with Crippen molar-refractivity contribution >= 4 is 39.8 Å². The molecule has 0 saturated heterocycles. The lowest BCUT2D eigenvalue weighted by atomic mass is 10.0. The molecule has 3 aromatic carbocycles. The molecule has 0 bridgehead atoms. The first-order valence-corrected chi connectivity index (χ1v) is 9.29. The van der Waals surface area contributed by atoms with Gasteiger partial charge in [-0.2, -0.15) is 0 Å². The zero-order valence-corrected chi connectivity index (χ0v) is 16.0. The van der Waals surface area contributed by atoms with E-state index in [4.69, 9.17) is 0 Å². The summed E-state index contributed by atoms with van der Waals surface area (Å²) in [4.78, 5) is 32.6. The molecule has 30 heavy (non-hydrogen) atoms. The standard InChI is InChI=1S/C24H18N4O2/c1-2-22(29)27-19-12-13-20-21(14-19)25-15-26-24(20)28-18-10-8-17(9-11-18)23(30)16-6-4-3-5-7-16/h2-15H,1H2,(H,27,29)(H,25,26,28). The van der Waals surface area contributed by atoms with Crippen molar-refractivity contribution in [3.8, 4) is 0 Å². The van der Waals surface area contributed by atoms with Gasteiger partial charge in [-0.1, -0.05) is 36.9 Å². The lowest BCUT2D eigenvalue weighted by Gasteiger charge is -2.10. The van der Waals surface area contributed by atoms with Gasteiger partial charge in [0.1, 0.15) is 12.1 Å². The van der Waals surface area contributed by atoms with E-state index in [0.717, 1.165) is 11.1 Å². The zero-order valence-electron chi connectivity index (χ0n) is 16.0. The molecule has 0 saturated carbocycles. The van der Waals surface area contributed by atoms with Crippen LogP contribution < -0.4 is 10.6 Å². The van der Waals surface area contributed by atoms with Crippen LogP contribution >= 0.6 is 0 Å².